The highest BCUT2D eigenvalue weighted by Gasteiger charge is 2.38. The molecule has 0 aliphatic rings. The lowest BCUT2D eigenvalue weighted by Gasteiger charge is -2.15. The number of nitrogens with one attached hydrogen (secondary N) is 1. The minimum Gasteiger partial charge on any atom is -0.341 e. The first-order chi connectivity index (χ1) is 11.9. The molecule has 0 atom stereocenters. The molecule has 0 bridgehead atoms. The van der Waals surface area contributed by atoms with Gasteiger partial charge in [0.15, 0.2) is 0 Å². The number of alkyl halides is 6. The van der Waals surface area contributed by atoms with E-state index in [1.54, 1.807) is 6.07 Å². The molecule has 0 radical (unpaired) electrons. The predicted octanol–water partition coefficient (Wildman–Crippen LogP) is 2.07. The molecule has 1 amide bonds. The van der Waals surface area contributed by atoms with E-state index in [9.17, 15) is 35.9 Å². The molecule has 1 heterocycles. The molecule has 2 aromatic rings. The molecule has 1 N–H and O–H groups in total. The quantitative estimate of drug-likeness (QED) is 0.654. The maximum atomic E-state index is 13.0. The maximum absolute atomic E-state index is 13.0. The topological polar surface area (TPSA) is 87.8 Å². The lowest BCUT2D eigenvalue weighted by atomic mass is 10.1. The molecule has 0 saturated heterocycles. The van der Waals surface area contributed by atoms with Crippen LogP contribution in [0.1, 0.15) is 11.3 Å². The molecule has 0 fully saturated rings. The lowest BCUT2D eigenvalue weighted by molar-refractivity contribution is -0.142. The number of hydrogen-bond acceptors (Lipinski definition) is 4. The Bertz CT molecular complexity index is 955. The van der Waals surface area contributed by atoms with Gasteiger partial charge in [-0.05, 0) is 18.2 Å². The van der Waals surface area contributed by atoms with Gasteiger partial charge in [-0.3, -0.25) is 14.2 Å². The summed E-state index contributed by atoms with van der Waals surface area (Å²) in [7, 11) is 0. The summed E-state index contributed by atoms with van der Waals surface area (Å²) in [5, 5.41) is 10.4. The van der Waals surface area contributed by atoms with E-state index >= 15 is 0 Å². The second-order valence-electron chi connectivity index (χ2n) is 4.99. The smallest absolute Gasteiger partial charge is 0.341 e. The number of fused-ring (bicyclic) bond motifs is 1. The number of aromatic nitrogens is 2. The van der Waals surface area contributed by atoms with Gasteiger partial charge in [0.05, 0.1) is 22.7 Å². The first-order valence-corrected chi connectivity index (χ1v) is 6.78. The molecule has 0 saturated carbocycles. The van der Waals surface area contributed by atoms with Crippen LogP contribution in [0.25, 0.3) is 11.0 Å². The monoisotopic (exact) mass is 378 g/mol. The Morgan fingerprint density at radius 3 is 2.38 bits per heavy atom. The second kappa shape index (κ2) is 6.66. The highest BCUT2D eigenvalue weighted by molar-refractivity contribution is 5.80. The van der Waals surface area contributed by atoms with Gasteiger partial charge >= 0.3 is 12.4 Å². The number of benzene rings is 1. The molecule has 2 rings (SSSR count). The largest absolute Gasteiger partial charge is 0.438 e. The molecule has 138 valence electrons. The van der Waals surface area contributed by atoms with Crippen molar-refractivity contribution >= 4 is 16.9 Å². The Labute approximate surface area is 140 Å². The summed E-state index contributed by atoms with van der Waals surface area (Å²) in [6.07, 6.45) is -9.99. The van der Waals surface area contributed by atoms with Crippen LogP contribution in [0.4, 0.5) is 26.3 Å². The van der Waals surface area contributed by atoms with Crippen LogP contribution in [0.3, 0.4) is 0 Å². The Morgan fingerprint density at radius 2 is 1.85 bits per heavy atom. The van der Waals surface area contributed by atoms with E-state index in [1.807, 2.05) is 5.32 Å². The van der Waals surface area contributed by atoms with Crippen LogP contribution >= 0.6 is 0 Å². The molecule has 26 heavy (non-hydrogen) atoms. The van der Waals surface area contributed by atoms with Crippen molar-refractivity contribution in [3.8, 4) is 6.07 Å². The zero-order valence-electron chi connectivity index (χ0n) is 12.6. The summed E-state index contributed by atoms with van der Waals surface area (Å²) >= 11 is 0. The number of nitrogens with zero attached hydrogens (tertiary/aromatic N) is 3. The number of rotatable bonds is 3. The van der Waals surface area contributed by atoms with Crippen molar-refractivity contribution in [1.82, 2.24) is 14.9 Å². The molecule has 12 heteroatoms. The van der Waals surface area contributed by atoms with Gasteiger partial charge in [-0.15, -0.1) is 0 Å². The molecule has 0 aliphatic heterocycles. The van der Waals surface area contributed by atoms with Crippen molar-refractivity contribution < 1.29 is 31.1 Å². The summed E-state index contributed by atoms with van der Waals surface area (Å²) in [5.41, 5.74) is -5.99. The van der Waals surface area contributed by atoms with Gasteiger partial charge in [0.25, 0.3) is 5.56 Å². The number of halogens is 6. The van der Waals surface area contributed by atoms with Gasteiger partial charge in [0.1, 0.15) is 13.1 Å². The first kappa shape index (κ1) is 19.2. The fourth-order valence-corrected chi connectivity index (χ4v) is 2.10. The van der Waals surface area contributed by atoms with Crippen LogP contribution in [0.15, 0.2) is 23.0 Å². The van der Waals surface area contributed by atoms with Gasteiger partial charge in [-0.2, -0.15) is 31.6 Å². The van der Waals surface area contributed by atoms with Crippen molar-refractivity contribution in [2.45, 2.75) is 18.9 Å². The van der Waals surface area contributed by atoms with Crippen molar-refractivity contribution in [3.05, 3.63) is 39.8 Å². The van der Waals surface area contributed by atoms with Gasteiger partial charge in [0.2, 0.25) is 11.6 Å². The summed E-state index contributed by atoms with van der Waals surface area (Å²) in [6, 6.07) is 3.16. The van der Waals surface area contributed by atoms with Crippen LogP contribution in [0.2, 0.25) is 0 Å². The van der Waals surface area contributed by atoms with Crippen molar-refractivity contribution in [3.63, 3.8) is 0 Å². The van der Waals surface area contributed by atoms with Gasteiger partial charge in [-0.1, -0.05) is 0 Å². The third kappa shape index (κ3) is 3.93. The van der Waals surface area contributed by atoms with Crippen molar-refractivity contribution in [1.29, 1.82) is 5.26 Å². The SMILES string of the molecule is N#CCNC(=O)Cn1c(=O)c(C(F)(F)F)nc2ccc(C(F)(F)F)cc21. The molecule has 6 nitrogen and oxygen atoms in total. The molecule has 0 unspecified atom stereocenters. The first-order valence-electron chi connectivity index (χ1n) is 6.78. The number of amides is 1. The fraction of sp³-hybridized carbons (Fsp3) is 0.286. The van der Waals surface area contributed by atoms with Crippen LogP contribution < -0.4 is 10.9 Å². The summed E-state index contributed by atoms with van der Waals surface area (Å²) in [5.74, 6) is -1.02. The molecule has 1 aromatic heterocycles. The average molecular weight is 378 g/mol. The van der Waals surface area contributed by atoms with Gasteiger partial charge < -0.3 is 5.32 Å². The highest BCUT2D eigenvalue weighted by atomic mass is 19.4. The fourth-order valence-electron chi connectivity index (χ4n) is 2.10. The Kier molecular flexibility index (Phi) is 4.93. The van der Waals surface area contributed by atoms with E-state index in [-0.39, 0.29) is 4.57 Å². The number of carbonyl (C=O) groups is 1. The Balaban J connectivity index is 2.73. The normalized spacial score (nSPS) is 12.0. The highest BCUT2D eigenvalue weighted by Crippen LogP contribution is 2.32. The molecular formula is C14H8F6N4O2. The van der Waals surface area contributed by atoms with E-state index in [0.717, 1.165) is 0 Å². The lowest BCUT2D eigenvalue weighted by Crippen LogP contribution is -2.36. The number of hydrogen-bond donors (Lipinski definition) is 1. The maximum Gasteiger partial charge on any atom is 0.438 e. The Hall–Kier alpha value is -3.10. The number of nitriles is 1. The minimum atomic E-state index is -5.17. The van der Waals surface area contributed by atoms with Crippen molar-refractivity contribution in [2.24, 2.45) is 0 Å². The summed E-state index contributed by atoms with van der Waals surface area (Å²) < 4.78 is 77.7. The minimum absolute atomic E-state index is 0.243. The van der Waals surface area contributed by atoms with Crippen LogP contribution in [0, 0.1) is 11.3 Å². The third-order valence-electron chi connectivity index (χ3n) is 3.21. The molecular weight excluding hydrogens is 370 g/mol. The standard InChI is InChI=1S/C14H8F6N4O2/c15-13(16,17)7-1-2-8-9(5-7)24(6-10(25)22-4-3-21)12(26)11(23-8)14(18,19)20/h1-2,5H,4,6H2,(H,22,25). The van der Waals surface area contributed by atoms with E-state index in [4.69, 9.17) is 5.26 Å². The van der Waals surface area contributed by atoms with E-state index < -0.39 is 59.2 Å². The Morgan fingerprint density at radius 1 is 1.19 bits per heavy atom. The van der Waals surface area contributed by atoms with Crippen LogP contribution in [-0.2, 0) is 23.7 Å². The molecule has 1 aromatic carbocycles. The number of carbonyl (C=O) groups excluding carboxylic acids is 1. The second-order valence-corrected chi connectivity index (χ2v) is 4.99. The van der Waals surface area contributed by atoms with Gasteiger partial charge in [-0.25, -0.2) is 4.98 Å². The van der Waals surface area contributed by atoms with E-state index in [2.05, 4.69) is 4.98 Å². The average Bonchev–Trinajstić information content (AvgIpc) is 2.52. The zero-order valence-corrected chi connectivity index (χ0v) is 12.6. The molecule has 0 spiro atoms. The van der Waals surface area contributed by atoms with E-state index in [0.29, 0.717) is 18.2 Å². The molecule has 0 aliphatic carbocycles. The van der Waals surface area contributed by atoms with E-state index in [1.165, 1.54) is 0 Å². The summed E-state index contributed by atoms with van der Waals surface area (Å²) in [6.45, 7) is -1.50. The van der Waals surface area contributed by atoms with Crippen LogP contribution in [-0.4, -0.2) is 22.0 Å². The van der Waals surface area contributed by atoms with Gasteiger partial charge in [0, 0.05) is 0 Å². The summed E-state index contributed by atoms with van der Waals surface area (Å²) in [4.78, 5) is 26.8. The van der Waals surface area contributed by atoms with Crippen molar-refractivity contribution in [2.75, 3.05) is 6.54 Å². The van der Waals surface area contributed by atoms with Crippen LogP contribution in [0.5, 0.6) is 0 Å². The zero-order chi connectivity index (χ0) is 19.7. The third-order valence-corrected chi connectivity index (χ3v) is 3.21. The predicted molar refractivity (Wildman–Crippen MR) is 74.6 cm³/mol.